The third kappa shape index (κ3) is 5.87. The van der Waals surface area contributed by atoms with Gasteiger partial charge in [0.15, 0.2) is 0 Å². The number of hydrogen-bond acceptors (Lipinski definition) is 7. The Hall–Kier alpha value is -2.84. The normalized spacial score (nSPS) is 19.8. The van der Waals surface area contributed by atoms with Crippen LogP contribution in [0.5, 0.6) is 11.5 Å². The smallest absolute Gasteiger partial charge is 0.253 e. The Morgan fingerprint density at radius 3 is 2.63 bits per heavy atom. The Kier molecular flexibility index (Phi) is 7.82. The van der Waals surface area contributed by atoms with Crippen LogP contribution in [0.2, 0.25) is 0 Å². The fraction of sp³-hybridized carbons (Fsp3) is 0.556. The van der Waals surface area contributed by atoms with Gasteiger partial charge in [-0.1, -0.05) is 0 Å². The number of likely N-dealkylation sites (tertiary alicyclic amines) is 1. The number of pyridine rings is 1. The van der Waals surface area contributed by atoms with Crippen LogP contribution in [0.1, 0.15) is 42.6 Å². The molecule has 1 atom stereocenters. The predicted molar refractivity (Wildman–Crippen MR) is 135 cm³/mol. The highest BCUT2D eigenvalue weighted by Gasteiger charge is 2.44. The summed E-state index contributed by atoms with van der Waals surface area (Å²) in [6.07, 6.45) is 3.31. The number of ether oxygens (including phenoxy) is 4. The first kappa shape index (κ1) is 25.3. The van der Waals surface area contributed by atoms with Crippen LogP contribution < -0.4 is 14.4 Å². The maximum absolute atomic E-state index is 13.3. The van der Waals surface area contributed by atoms with E-state index in [4.69, 9.17) is 18.9 Å². The molecule has 0 N–H and O–H groups in total. The molecule has 1 spiro atoms. The third-order valence-corrected chi connectivity index (χ3v) is 6.70. The summed E-state index contributed by atoms with van der Waals surface area (Å²) in [6, 6.07) is 9.48. The molecule has 0 saturated carbocycles. The molecule has 1 aromatic carbocycles. The lowest BCUT2D eigenvalue weighted by Gasteiger charge is -2.50. The molecule has 8 nitrogen and oxygen atoms in total. The largest absolute Gasteiger partial charge is 0.497 e. The third-order valence-electron chi connectivity index (χ3n) is 6.70. The van der Waals surface area contributed by atoms with Gasteiger partial charge < -0.3 is 28.7 Å². The Bertz CT molecular complexity index is 1020. The van der Waals surface area contributed by atoms with Crippen molar-refractivity contribution in [2.45, 2.75) is 51.4 Å². The number of hydrogen-bond donors (Lipinski definition) is 0. The molecule has 0 aliphatic carbocycles. The first-order chi connectivity index (χ1) is 16.8. The van der Waals surface area contributed by atoms with Gasteiger partial charge in [0.25, 0.3) is 5.91 Å². The SMILES string of the molecule is COCC1CN(c2cc(OC)ccn2)CC2(CCN(C(=O)c3ccc(OC(C)C)c(C)c3)CC2)O1. The minimum absolute atomic E-state index is 0.0506. The summed E-state index contributed by atoms with van der Waals surface area (Å²) in [4.78, 5) is 22.0. The molecule has 2 saturated heterocycles. The first-order valence-corrected chi connectivity index (χ1v) is 12.3. The van der Waals surface area contributed by atoms with Crippen molar-refractivity contribution in [3.8, 4) is 11.5 Å². The van der Waals surface area contributed by atoms with Crippen LogP contribution in [0.25, 0.3) is 0 Å². The first-order valence-electron chi connectivity index (χ1n) is 12.3. The summed E-state index contributed by atoms with van der Waals surface area (Å²) >= 11 is 0. The number of amides is 1. The van der Waals surface area contributed by atoms with Crippen molar-refractivity contribution in [2.75, 3.05) is 51.9 Å². The highest BCUT2D eigenvalue weighted by Crippen LogP contribution is 2.35. The van der Waals surface area contributed by atoms with E-state index in [1.807, 2.05) is 56.0 Å². The van der Waals surface area contributed by atoms with E-state index in [2.05, 4.69) is 9.88 Å². The minimum Gasteiger partial charge on any atom is -0.497 e. The number of aryl methyl sites for hydroxylation is 1. The van der Waals surface area contributed by atoms with Crippen LogP contribution in [-0.4, -0.2) is 80.6 Å². The summed E-state index contributed by atoms with van der Waals surface area (Å²) in [5.74, 6) is 2.51. The van der Waals surface area contributed by atoms with E-state index in [0.29, 0.717) is 31.8 Å². The van der Waals surface area contributed by atoms with E-state index in [1.54, 1.807) is 20.4 Å². The van der Waals surface area contributed by atoms with Crippen LogP contribution in [0.4, 0.5) is 5.82 Å². The van der Waals surface area contributed by atoms with E-state index >= 15 is 0 Å². The van der Waals surface area contributed by atoms with E-state index in [1.165, 1.54) is 0 Å². The molecule has 3 heterocycles. The summed E-state index contributed by atoms with van der Waals surface area (Å²) in [7, 11) is 3.35. The molecule has 0 radical (unpaired) electrons. The molecular weight excluding hydrogens is 446 g/mol. The van der Waals surface area contributed by atoms with Crippen molar-refractivity contribution in [2.24, 2.45) is 0 Å². The molecular formula is C27H37N3O5. The number of aromatic nitrogens is 1. The Balaban J connectivity index is 1.45. The zero-order valence-electron chi connectivity index (χ0n) is 21.5. The molecule has 0 bridgehead atoms. The topological polar surface area (TPSA) is 73.4 Å². The number of carbonyl (C=O) groups is 1. The van der Waals surface area contributed by atoms with Crippen LogP contribution in [0.15, 0.2) is 36.5 Å². The minimum atomic E-state index is -0.353. The number of methoxy groups -OCH3 is 2. The average Bonchev–Trinajstić information content (AvgIpc) is 2.85. The monoisotopic (exact) mass is 483 g/mol. The van der Waals surface area contributed by atoms with Gasteiger partial charge in [-0.25, -0.2) is 4.98 Å². The highest BCUT2D eigenvalue weighted by molar-refractivity contribution is 5.94. The predicted octanol–water partition coefficient (Wildman–Crippen LogP) is 3.71. The second kappa shape index (κ2) is 10.8. The van der Waals surface area contributed by atoms with Gasteiger partial charge in [-0.05, 0) is 63.4 Å². The van der Waals surface area contributed by atoms with Crippen molar-refractivity contribution >= 4 is 11.7 Å². The highest BCUT2D eigenvalue weighted by atomic mass is 16.5. The molecule has 2 aliphatic heterocycles. The van der Waals surface area contributed by atoms with Crippen molar-refractivity contribution < 1.29 is 23.7 Å². The summed E-state index contributed by atoms with van der Waals surface area (Å²) in [6.45, 7) is 9.18. The molecule has 190 valence electrons. The van der Waals surface area contributed by atoms with Gasteiger partial charge in [0.2, 0.25) is 0 Å². The van der Waals surface area contributed by atoms with Crippen molar-refractivity contribution in [1.29, 1.82) is 0 Å². The van der Waals surface area contributed by atoms with Gasteiger partial charge in [0.05, 0.1) is 31.5 Å². The van der Waals surface area contributed by atoms with Crippen molar-refractivity contribution in [1.82, 2.24) is 9.88 Å². The van der Waals surface area contributed by atoms with Crippen LogP contribution in [-0.2, 0) is 9.47 Å². The van der Waals surface area contributed by atoms with E-state index in [0.717, 1.165) is 42.3 Å². The van der Waals surface area contributed by atoms with Crippen LogP contribution >= 0.6 is 0 Å². The number of rotatable bonds is 7. The van der Waals surface area contributed by atoms with E-state index in [-0.39, 0.29) is 23.7 Å². The van der Waals surface area contributed by atoms with Crippen molar-refractivity contribution in [3.05, 3.63) is 47.7 Å². The summed E-state index contributed by atoms with van der Waals surface area (Å²) in [5, 5.41) is 0. The Morgan fingerprint density at radius 1 is 1.20 bits per heavy atom. The Morgan fingerprint density at radius 2 is 1.97 bits per heavy atom. The maximum atomic E-state index is 13.3. The van der Waals surface area contributed by atoms with Gasteiger partial charge in [0.1, 0.15) is 17.3 Å². The standard InChI is InChI=1S/C27H37N3O5/c1-19(2)34-24-7-6-21(14-20(24)3)26(31)29-12-9-27(10-13-29)18-30(16-23(35-27)17-32-4)25-15-22(33-5)8-11-28-25/h6-8,11,14-15,19,23H,9-10,12-13,16-18H2,1-5H3. The lowest BCUT2D eigenvalue weighted by molar-refractivity contribution is -0.145. The molecule has 2 aromatic rings. The van der Waals surface area contributed by atoms with Gasteiger partial charge in [-0.3, -0.25) is 4.79 Å². The van der Waals surface area contributed by atoms with Gasteiger partial charge in [-0.2, -0.15) is 0 Å². The Labute approximate surface area is 208 Å². The zero-order chi connectivity index (χ0) is 25.0. The summed E-state index contributed by atoms with van der Waals surface area (Å²) < 4.78 is 23.2. The lowest BCUT2D eigenvalue weighted by atomic mass is 9.88. The molecule has 1 unspecified atom stereocenters. The summed E-state index contributed by atoms with van der Waals surface area (Å²) in [5.41, 5.74) is 1.31. The van der Waals surface area contributed by atoms with E-state index < -0.39 is 0 Å². The number of carbonyl (C=O) groups excluding carboxylic acids is 1. The molecule has 1 amide bonds. The molecule has 4 rings (SSSR count). The molecule has 2 fully saturated rings. The number of anilines is 1. The van der Waals surface area contributed by atoms with E-state index in [9.17, 15) is 4.79 Å². The second-order valence-electron chi connectivity index (χ2n) is 9.75. The number of piperidine rings is 1. The van der Waals surface area contributed by atoms with Crippen LogP contribution in [0.3, 0.4) is 0 Å². The molecule has 2 aliphatic rings. The number of morpholine rings is 1. The van der Waals surface area contributed by atoms with Gasteiger partial charge in [-0.15, -0.1) is 0 Å². The molecule has 35 heavy (non-hydrogen) atoms. The quantitative estimate of drug-likeness (QED) is 0.594. The number of benzene rings is 1. The number of nitrogens with zero attached hydrogens (tertiary/aromatic N) is 3. The van der Waals surface area contributed by atoms with Gasteiger partial charge >= 0.3 is 0 Å². The molecule has 1 aromatic heterocycles. The zero-order valence-corrected chi connectivity index (χ0v) is 21.5. The fourth-order valence-corrected chi connectivity index (χ4v) is 4.98. The average molecular weight is 484 g/mol. The fourth-order valence-electron chi connectivity index (χ4n) is 4.98. The second-order valence-corrected chi connectivity index (χ2v) is 9.75. The maximum Gasteiger partial charge on any atom is 0.253 e. The molecule has 8 heteroatoms. The van der Waals surface area contributed by atoms with Crippen molar-refractivity contribution in [3.63, 3.8) is 0 Å². The van der Waals surface area contributed by atoms with Gasteiger partial charge in [0, 0.05) is 51.1 Å². The van der Waals surface area contributed by atoms with Crippen LogP contribution in [0, 0.1) is 6.92 Å². The lowest BCUT2D eigenvalue weighted by Crippen LogP contribution is -2.61.